The van der Waals surface area contributed by atoms with Crippen LogP contribution in [0.4, 0.5) is 5.69 Å². The second-order valence-electron chi connectivity index (χ2n) is 2.27. The third-order valence-electron chi connectivity index (χ3n) is 1.38. The molecule has 0 aliphatic rings. The molecule has 0 radical (unpaired) electrons. The van der Waals surface area contributed by atoms with Crippen LogP contribution in [0.3, 0.4) is 0 Å². The molecule has 0 atom stereocenters. The van der Waals surface area contributed by atoms with E-state index in [0.29, 0.717) is 0 Å². The van der Waals surface area contributed by atoms with Crippen molar-refractivity contribution >= 4 is 22.9 Å². The quantitative estimate of drug-likeness (QED) is 0.676. The molecular weight excluding hydrogens is 154 g/mol. The van der Waals surface area contributed by atoms with Crippen LogP contribution in [0.5, 0.6) is 0 Å². The molecule has 0 aromatic heterocycles. The Morgan fingerprint density at radius 2 is 2.00 bits per heavy atom. The molecule has 1 N–H and O–H groups in total. The smallest absolute Gasteiger partial charge is 0.0794 e. The van der Waals surface area contributed by atoms with E-state index in [-0.39, 0.29) is 0 Å². The topological polar surface area (TPSA) is 12.0 Å². The molecule has 58 valence electrons. The molecule has 0 aliphatic carbocycles. The minimum atomic E-state index is 0.885. The summed E-state index contributed by atoms with van der Waals surface area (Å²) in [5.41, 5.74) is 1.07. The molecule has 0 fully saturated rings. The molecule has 11 heavy (non-hydrogen) atoms. The van der Waals surface area contributed by atoms with Crippen LogP contribution in [-0.2, 0) is 0 Å². The first-order valence-corrected chi connectivity index (χ1v) is 4.08. The minimum Gasteiger partial charge on any atom is -0.350 e. The fraction of sp³-hybridized carbons (Fsp3) is 0.222. The number of anilines is 1. The number of rotatable bonds is 2. The highest BCUT2D eigenvalue weighted by Gasteiger charge is 1.91. The summed E-state index contributed by atoms with van der Waals surface area (Å²) in [4.78, 5) is 0.885. The molecule has 1 rings (SSSR count). The fourth-order valence-corrected chi connectivity index (χ4v) is 0.889. The molecule has 0 unspecified atom stereocenters. The highest BCUT2D eigenvalue weighted by Crippen LogP contribution is 2.05. The molecule has 1 nitrogen and oxygen atoms in total. The zero-order chi connectivity index (χ0) is 8.10. The summed E-state index contributed by atoms with van der Waals surface area (Å²) in [6.07, 6.45) is 0.893. The highest BCUT2D eigenvalue weighted by molar-refractivity contribution is 7.80. The van der Waals surface area contributed by atoms with E-state index in [9.17, 15) is 0 Å². The van der Waals surface area contributed by atoms with Crippen LogP contribution in [0.1, 0.15) is 13.3 Å². The maximum Gasteiger partial charge on any atom is 0.0794 e. The summed E-state index contributed by atoms with van der Waals surface area (Å²) in [5, 5.41) is 3.12. The molecule has 0 spiro atoms. The molecule has 1 aromatic carbocycles. The van der Waals surface area contributed by atoms with Gasteiger partial charge in [0, 0.05) is 5.69 Å². The van der Waals surface area contributed by atoms with E-state index < -0.39 is 0 Å². The lowest BCUT2D eigenvalue weighted by molar-refractivity contribution is 1.31. The van der Waals surface area contributed by atoms with Crippen LogP contribution < -0.4 is 5.32 Å². The van der Waals surface area contributed by atoms with Crippen LogP contribution in [0, 0.1) is 0 Å². The third kappa shape index (κ3) is 2.68. The van der Waals surface area contributed by atoms with Crippen molar-refractivity contribution in [2.24, 2.45) is 0 Å². The second kappa shape index (κ2) is 4.09. The lowest BCUT2D eigenvalue weighted by Crippen LogP contribution is -2.06. The van der Waals surface area contributed by atoms with Gasteiger partial charge in [-0.3, -0.25) is 0 Å². The summed E-state index contributed by atoms with van der Waals surface area (Å²) >= 11 is 5.03. The van der Waals surface area contributed by atoms with E-state index in [1.807, 2.05) is 37.3 Å². The molecule has 0 aliphatic heterocycles. The van der Waals surface area contributed by atoms with Crippen molar-refractivity contribution in [3.63, 3.8) is 0 Å². The number of benzene rings is 1. The van der Waals surface area contributed by atoms with Crippen LogP contribution in [-0.4, -0.2) is 4.99 Å². The SMILES string of the molecule is CCC(=S)Nc1ccccc1. The predicted octanol–water partition coefficient (Wildman–Crippen LogP) is 2.84. The highest BCUT2D eigenvalue weighted by atomic mass is 32.1. The van der Waals surface area contributed by atoms with E-state index in [1.165, 1.54) is 0 Å². The van der Waals surface area contributed by atoms with E-state index in [4.69, 9.17) is 12.2 Å². The minimum absolute atomic E-state index is 0.885. The van der Waals surface area contributed by atoms with Crippen molar-refractivity contribution in [2.45, 2.75) is 13.3 Å². The predicted molar refractivity (Wildman–Crippen MR) is 53.0 cm³/mol. The standard InChI is InChI=1S/C9H11NS/c1-2-9(11)10-8-6-4-3-5-7-8/h3-7H,2H2,1H3,(H,10,11). The van der Waals surface area contributed by atoms with E-state index >= 15 is 0 Å². The number of thiocarbonyl (C=S) groups is 1. The fourth-order valence-electron chi connectivity index (χ4n) is 0.771. The molecule has 0 bridgehead atoms. The van der Waals surface area contributed by atoms with Gasteiger partial charge in [-0.15, -0.1) is 0 Å². The first-order valence-electron chi connectivity index (χ1n) is 3.68. The van der Waals surface area contributed by atoms with Gasteiger partial charge in [0.15, 0.2) is 0 Å². The van der Waals surface area contributed by atoms with Gasteiger partial charge in [0.25, 0.3) is 0 Å². The number of para-hydroxylation sites is 1. The Labute approximate surface area is 72.4 Å². The van der Waals surface area contributed by atoms with Gasteiger partial charge in [-0.1, -0.05) is 37.3 Å². The normalized spacial score (nSPS) is 9.18. The average Bonchev–Trinajstić information content (AvgIpc) is 2.06. The Bertz CT molecular complexity index is 231. The molecule has 0 saturated carbocycles. The van der Waals surface area contributed by atoms with Crippen molar-refractivity contribution in [3.8, 4) is 0 Å². The number of hydrogen-bond donors (Lipinski definition) is 1. The third-order valence-corrected chi connectivity index (χ3v) is 1.77. The average molecular weight is 165 g/mol. The molecular formula is C9H11NS. The van der Waals surface area contributed by atoms with E-state index in [1.54, 1.807) is 0 Å². The molecule has 0 amide bonds. The van der Waals surface area contributed by atoms with Crippen LogP contribution in [0.25, 0.3) is 0 Å². The molecule has 1 aromatic rings. The van der Waals surface area contributed by atoms with Crippen molar-refractivity contribution < 1.29 is 0 Å². The van der Waals surface area contributed by atoms with Gasteiger partial charge >= 0.3 is 0 Å². The van der Waals surface area contributed by atoms with E-state index in [0.717, 1.165) is 17.1 Å². The molecule has 0 heterocycles. The van der Waals surface area contributed by atoms with Crippen molar-refractivity contribution in [1.82, 2.24) is 0 Å². The Hall–Kier alpha value is -0.890. The van der Waals surface area contributed by atoms with Gasteiger partial charge in [-0.2, -0.15) is 0 Å². The second-order valence-corrected chi connectivity index (χ2v) is 2.76. The van der Waals surface area contributed by atoms with Gasteiger partial charge < -0.3 is 5.32 Å². The van der Waals surface area contributed by atoms with Gasteiger partial charge in [-0.25, -0.2) is 0 Å². The summed E-state index contributed by atoms with van der Waals surface area (Å²) < 4.78 is 0. The zero-order valence-electron chi connectivity index (χ0n) is 6.50. The van der Waals surface area contributed by atoms with Gasteiger partial charge in [-0.05, 0) is 18.6 Å². The van der Waals surface area contributed by atoms with Crippen LogP contribution >= 0.6 is 12.2 Å². The number of nitrogens with one attached hydrogen (secondary N) is 1. The van der Waals surface area contributed by atoms with Crippen LogP contribution in [0.2, 0.25) is 0 Å². The Balaban J connectivity index is 2.58. The van der Waals surface area contributed by atoms with Crippen molar-refractivity contribution in [1.29, 1.82) is 0 Å². The van der Waals surface area contributed by atoms with Crippen molar-refractivity contribution in [3.05, 3.63) is 30.3 Å². The summed E-state index contributed by atoms with van der Waals surface area (Å²) in [5.74, 6) is 0. The van der Waals surface area contributed by atoms with Gasteiger partial charge in [0.1, 0.15) is 0 Å². The lowest BCUT2D eigenvalue weighted by atomic mass is 10.3. The van der Waals surface area contributed by atoms with Crippen molar-refractivity contribution in [2.75, 3.05) is 5.32 Å². The monoisotopic (exact) mass is 165 g/mol. The summed E-state index contributed by atoms with van der Waals surface area (Å²) in [7, 11) is 0. The lowest BCUT2D eigenvalue weighted by Gasteiger charge is -2.03. The largest absolute Gasteiger partial charge is 0.350 e. The zero-order valence-corrected chi connectivity index (χ0v) is 7.32. The van der Waals surface area contributed by atoms with Gasteiger partial charge in [0.2, 0.25) is 0 Å². The maximum absolute atomic E-state index is 5.03. The first-order chi connectivity index (χ1) is 5.33. The molecule has 0 saturated heterocycles. The number of hydrogen-bond acceptors (Lipinski definition) is 1. The van der Waals surface area contributed by atoms with Gasteiger partial charge in [0.05, 0.1) is 4.99 Å². The van der Waals surface area contributed by atoms with Crippen LogP contribution in [0.15, 0.2) is 30.3 Å². The molecule has 2 heteroatoms. The maximum atomic E-state index is 5.03. The Morgan fingerprint density at radius 3 is 2.55 bits per heavy atom. The first kappa shape index (κ1) is 8.21. The summed E-state index contributed by atoms with van der Waals surface area (Å²) in [6.45, 7) is 2.04. The Morgan fingerprint density at radius 1 is 1.36 bits per heavy atom. The Kier molecular flexibility index (Phi) is 3.05. The van der Waals surface area contributed by atoms with E-state index in [2.05, 4.69) is 5.32 Å². The summed E-state index contributed by atoms with van der Waals surface area (Å²) in [6, 6.07) is 9.96.